The van der Waals surface area contributed by atoms with E-state index >= 15 is 0 Å². The molecule has 0 spiro atoms. The summed E-state index contributed by atoms with van der Waals surface area (Å²) in [5, 5.41) is 32.4. The maximum Gasteiger partial charge on any atom is 0.408 e. The number of alkyl carbamates (subject to hydrolysis) is 1. The molecule has 5 N–H and O–H groups in total. The van der Waals surface area contributed by atoms with Crippen molar-refractivity contribution < 1.29 is 39.2 Å². The van der Waals surface area contributed by atoms with Crippen molar-refractivity contribution in [2.45, 2.75) is 31.5 Å². The van der Waals surface area contributed by atoms with Gasteiger partial charge < -0.3 is 30.7 Å². The number of carbonyl (C=O) groups is 4. The van der Waals surface area contributed by atoms with Crippen LogP contribution in [0.5, 0.6) is 5.75 Å². The molecule has 31 heavy (non-hydrogen) atoms. The minimum Gasteiger partial charge on any atom is -0.508 e. The smallest absolute Gasteiger partial charge is 0.408 e. The van der Waals surface area contributed by atoms with E-state index < -0.39 is 42.4 Å². The number of hydrogen-bond acceptors (Lipinski definition) is 6. The Labute approximate surface area is 177 Å². The predicted octanol–water partition coefficient (Wildman–Crippen LogP) is 1.79. The summed E-state index contributed by atoms with van der Waals surface area (Å²) in [5.74, 6) is -3.70. The van der Waals surface area contributed by atoms with Gasteiger partial charge in [-0.2, -0.15) is 0 Å². The van der Waals surface area contributed by atoms with Crippen molar-refractivity contribution in [3.8, 4) is 5.75 Å². The minimum atomic E-state index is -1.52. The van der Waals surface area contributed by atoms with Crippen molar-refractivity contribution in [2.75, 3.05) is 0 Å². The van der Waals surface area contributed by atoms with E-state index in [-0.39, 0.29) is 24.3 Å². The molecule has 2 amide bonds. The summed E-state index contributed by atoms with van der Waals surface area (Å²) in [6.07, 6.45) is -1.69. The first-order valence-corrected chi connectivity index (χ1v) is 9.27. The summed E-state index contributed by atoms with van der Waals surface area (Å²) in [6, 6.07) is 11.2. The Balaban J connectivity index is 2.07. The molecular weight excluding hydrogens is 408 g/mol. The van der Waals surface area contributed by atoms with Gasteiger partial charge in [0.1, 0.15) is 18.4 Å². The van der Waals surface area contributed by atoms with Crippen molar-refractivity contribution in [3.63, 3.8) is 0 Å². The van der Waals surface area contributed by atoms with Crippen LogP contribution in [0.3, 0.4) is 0 Å². The first-order valence-electron chi connectivity index (χ1n) is 9.27. The number of aromatic hydroxyl groups is 1. The SMILES string of the molecule is O=C(O)CC[C@H](NC(=O)OCc1ccccc1)C(=O)N[C@H](C(=O)O)c1cccc(O)c1. The number of benzene rings is 2. The third kappa shape index (κ3) is 7.69. The molecule has 0 radical (unpaired) electrons. The second-order valence-corrected chi connectivity index (χ2v) is 6.57. The zero-order valence-corrected chi connectivity index (χ0v) is 16.4. The number of nitrogens with one attached hydrogen (secondary N) is 2. The summed E-state index contributed by atoms with van der Waals surface area (Å²) in [7, 11) is 0. The zero-order chi connectivity index (χ0) is 22.8. The molecule has 0 aliphatic heterocycles. The highest BCUT2D eigenvalue weighted by atomic mass is 16.5. The van der Waals surface area contributed by atoms with Gasteiger partial charge in [-0.05, 0) is 29.7 Å². The summed E-state index contributed by atoms with van der Waals surface area (Å²) in [5.41, 5.74) is 0.809. The van der Waals surface area contributed by atoms with Gasteiger partial charge in [0.15, 0.2) is 6.04 Å². The average molecular weight is 430 g/mol. The van der Waals surface area contributed by atoms with Crippen LogP contribution in [0, 0.1) is 0 Å². The van der Waals surface area contributed by atoms with Crippen LogP contribution in [-0.2, 0) is 25.7 Å². The molecule has 0 aliphatic rings. The van der Waals surface area contributed by atoms with Crippen LogP contribution in [0.15, 0.2) is 54.6 Å². The molecule has 0 aliphatic carbocycles. The molecule has 10 heteroatoms. The van der Waals surface area contributed by atoms with E-state index in [1.807, 2.05) is 0 Å². The second-order valence-electron chi connectivity index (χ2n) is 6.57. The number of rotatable bonds is 10. The van der Waals surface area contributed by atoms with Crippen LogP contribution in [0.25, 0.3) is 0 Å². The third-order valence-corrected chi connectivity index (χ3v) is 4.21. The van der Waals surface area contributed by atoms with Crippen LogP contribution in [0.1, 0.15) is 30.0 Å². The molecule has 2 rings (SSSR count). The zero-order valence-electron chi connectivity index (χ0n) is 16.4. The average Bonchev–Trinajstić information content (AvgIpc) is 2.73. The largest absolute Gasteiger partial charge is 0.508 e. The first-order chi connectivity index (χ1) is 14.8. The number of phenolic OH excluding ortho intramolecular Hbond substituents is 1. The second kappa shape index (κ2) is 11.2. The Hall–Kier alpha value is -4.08. The molecule has 0 fully saturated rings. The van der Waals surface area contributed by atoms with Crippen LogP contribution in [-0.4, -0.2) is 45.3 Å². The van der Waals surface area contributed by atoms with E-state index in [2.05, 4.69) is 10.6 Å². The van der Waals surface area contributed by atoms with Gasteiger partial charge >= 0.3 is 18.0 Å². The lowest BCUT2D eigenvalue weighted by Gasteiger charge is -2.21. The van der Waals surface area contributed by atoms with E-state index in [1.165, 1.54) is 24.3 Å². The van der Waals surface area contributed by atoms with Crippen molar-refractivity contribution in [1.82, 2.24) is 10.6 Å². The maximum atomic E-state index is 12.6. The lowest BCUT2D eigenvalue weighted by atomic mass is 10.0. The van der Waals surface area contributed by atoms with Gasteiger partial charge in [0.25, 0.3) is 0 Å². The Morgan fingerprint density at radius 1 is 0.935 bits per heavy atom. The van der Waals surface area contributed by atoms with Gasteiger partial charge in [0.2, 0.25) is 5.91 Å². The van der Waals surface area contributed by atoms with E-state index in [0.717, 1.165) is 0 Å². The molecule has 0 heterocycles. The first kappa shape index (κ1) is 23.2. The highest BCUT2D eigenvalue weighted by Gasteiger charge is 2.28. The minimum absolute atomic E-state index is 0.0685. The topological polar surface area (TPSA) is 162 Å². The molecule has 0 bridgehead atoms. The lowest BCUT2D eigenvalue weighted by molar-refractivity contribution is -0.142. The monoisotopic (exact) mass is 430 g/mol. The standard InChI is InChI=1S/C21H22N2O8/c24-15-8-4-7-14(11-15)18(20(28)29)23-19(27)16(9-10-17(25)26)22-21(30)31-12-13-5-2-1-3-6-13/h1-8,11,16,18,24H,9-10,12H2,(H,22,30)(H,23,27)(H,25,26)(H,28,29)/t16-,18-/m0/s1. The van der Waals surface area contributed by atoms with Gasteiger partial charge in [0, 0.05) is 6.42 Å². The van der Waals surface area contributed by atoms with Crippen LogP contribution < -0.4 is 10.6 Å². The summed E-state index contributed by atoms with van der Waals surface area (Å²) < 4.78 is 5.04. The van der Waals surface area contributed by atoms with E-state index in [1.54, 1.807) is 30.3 Å². The predicted molar refractivity (Wildman–Crippen MR) is 107 cm³/mol. The molecule has 0 unspecified atom stereocenters. The normalized spacial score (nSPS) is 12.3. The number of ether oxygens (including phenoxy) is 1. The Morgan fingerprint density at radius 3 is 2.26 bits per heavy atom. The van der Waals surface area contributed by atoms with Gasteiger partial charge in [-0.25, -0.2) is 9.59 Å². The molecular formula is C21H22N2O8. The number of aliphatic carboxylic acids is 2. The fourth-order valence-electron chi connectivity index (χ4n) is 2.68. The fraction of sp³-hybridized carbons (Fsp3) is 0.238. The quantitative estimate of drug-likeness (QED) is 0.381. The van der Waals surface area contributed by atoms with Gasteiger partial charge in [-0.1, -0.05) is 42.5 Å². The van der Waals surface area contributed by atoms with Crippen LogP contribution in [0.2, 0.25) is 0 Å². The number of carboxylic acids is 2. The lowest BCUT2D eigenvalue weighted by Crippen LogP contribution is -2.49. The van der Waals surface area contributed by atoms with Crippen LogP contribution >= 0.6 is 0 Å². The summed E-state index contributed by atoms with van der Waals surface area (Å²) in [6.45, 7) is -0.0685. The molecule has 10 nitrogen and oxygen atoms in total. The van der Waals surface area contributed by atoms with E-state index in [0.29, 0.717) is 5.56 Å². The third-order valence-electron chi connectivity index (χ3n) is 4.21. The van der Waals surface area contributed by atoms with Gasteiger partial charge in [-0.3, -0.25) is 9.59 Å². The molecule has 0 saturated heterocycles. The van der Waals surface area contributed by atoms with E-state index in [4.69, 9.17) is 9.84 Å². The highest BCUT2D eigenvalue weighted by molar-refractivity contribution is 5.90. The fourth-order valence-corrected chi connectivity index (χ4v) is 2.68. The molecule has 2 aromatic carbocycles. The van der Waals surface area contributed by atoms with Crippen molar-refractivity contribution in [3.05, 3.63) is 65.7 Å². The van der Waals surface area contributed by atoms with Crippen LogP contribution in [0.4, 0.5) is 4.79 Å². The summed E-state index contributed by atoms with van der Waals surface area (Å²) in [4.78, 5) is 47.3. The highest BCUT2D eigenvalue weighted by Crippen LogP contribution is 2.19. The van der Waals surface area contributed by atoms with Crippen molar-refractivity contribution in [2.24, 2.45) is 0 Å². The van der Waals surface area contributed by atoms with Crippen molar-refractivity contribution >= 4 is 23.9 Å². The molecule has 2 atom stereocenters. The summed E-state index contributed by atoms with van der Waals surface area (Å²) >= 11 is 0. The maximum absolute atomic E-state index is 12.6. The molecule has 0 saturated carbocycles. The number of amides is 2. The number of carboxylic acid groups (broad SMARTS) is 2. The number of hydrogen-bond donors (Lipinski definition) is 5. The Kier molecular flexibility index (Phi) is 8.38. The Morgan fingerprint density at radius 2 is 1.65 bits per heavy atom. The van der Waals surface area contributed by atoms with E-state index in [9.17, 15) is 29.4 Å². The molecule has 2 aromatic rings. The number of carbonyl (C=O) groups excluding carboxylic acids is 2. The van der Waals surface area contributed by atoms with Crippen molar-refractivity contribution in [1.29, 1.82) is 0 Å². The molecule has 0 aromatic heterocycles. The number of phenols is 1. The molecule has 164 valence electrons. The van der Waals surface area contributed by atoms with Gasteiger partial charge in [0.05, 0.1) is 0 Å². The van der Waals surface area contributed by atoms with Gasteiger partial charge in [-0.15, -0.1) is 0 Å². The Bertz CT molecular complexity index is 932.